The van der Waals surface area contributed by atoms with Gasteiger partial charge < -0.3 is 5.32 Å². The van der Waals surface area contributed by atoms with E-state index in [2.05, 4.69) is 30.5 Å². The van der Waals surface area contributed by atoms with Crippen molar-refractivity contribution in [2.45, 2.75) is 45.6 Å². The first-order chi connectivity index (χ1) is 8.24. The Morgan fingerprint density at radius 1 is 1.47 bits per heavy atom. The zero-order valence-electron chi connectivity index (χ0n) is 11.3. The SMILES string of the molecule is CCNC(c1cnn(C)c1)C1CCC(CC)C1. The van der Waals surface area contributed by atoms with E-state index < -0.39 is 0 Å². The molecule has 1 aliphatic carbocycles. The smallest absolute Gasteiger partial charge is 0.0537 e. The van der Waals surface area contributed by atoms with E-state index in [1.807, 2.05) is 17.9 Å². The van der Waals surface area contributed by atoms with Crippen LogP contribution < -0.4 is 5.32 Å². The topological polar surface area (TPSA) is 29.9 Å². The Kier molecular flexibility index (Phi) is 4.21. The second kappa shape index (κ2) is 5.67. The maximum absolute atomic E-state index is 4.31. The second-order valence-corrected chi connectivity index (χ2v) is 5.33. The standard InChI is InChI=1S/C14H25N3/c1-4-11-6-7-12(8-11)14(15-5-2)13-9-16-17(3)10-13/h9-12,14-15H,4-8H2,1-3H3. The number of nitrogens with one attached hydrogen (secondary N) is 1. The lowest BCUT2D eigenvalue weighted by molar-refractivity contribution is 0.359. The van der Waals surface area contributed by atoms with Gasteiger partial charge in [-0.05, 0) is 31.2 Å². The Hall–Kier alpha value is -0.830. The first-order valence-electron chi connectivity index (χ1n) is 6.96. The molecule has 1 saturated carbocycles. The molecule has 0 radical (unpaired) electrons. The molecule has 1 aliphatic rings. The van der Waals surface area contributed by atoms with E-state index >= 15 is 0 Å². The van der Waals surface area contributed by atoms with Crippen molar-refractivity contribution in [1.29, 1.82) is 0 Å². The summed E-state index contributed by atoms with van der Waals surface area (Å²) in [6.45, 7) is 5.54. The maximum atomic E-state index is 4.31. The number of aromatic nitrogens is 2. The molecule has 1 aromatic heterocycles. The maximum Gasteiger partial charge on any atom is 0.0537 e. The molecule has 3 nitrogen and oxygen atoms in total. The summed E-state index contributed by atoms with van der Waals surface area (Å²) < 4.78 is 1.91. The molecule has 17 heavy (non-hydrogen) atoms. The van der Waals surface area contributed by atoms with Crippen LogP contribution in [0.15, 0.2) is 12.4 Å². The monoisotopic (exact) mass is 235 g/mol. The van der Waals surface area contributed by atoms with Gasteiger partial charge in [0.25, 0.3) is 0 Å². The summed E-state index contributed by atoms with van der Waals surface area (Å²) in [4.78, 5) is 0. The summed E-state index contributed by atoms with van der Waals surface area (Å²) in [6, 6.07) is 0.505. The molecule has 0 aromatic carbocycles. The van der Waals surface area contributed by atoms with E-state index in [0.717, 1.165) is 18.4 Å². The highest BCUT2D eigenvalue weighted by Crippen LogP contribution is 2.40. The van der Waals surface area contributed by atoms with Crippen molar-refractivity contribution in [3.8, 4) is 0 Å². The minimum Gasteiger partial charge on any atom is -0.310 e. The summed E-state index contributed by atoms with van der Waals surface area (Å²) in [5.74, 6) is 1.74. The normalized spacial score (nSPS) is 26.3. The Labute approximate surface area is 105 Å². The van der Waals surface area contributed by atoms with Crippen molar-refractivity contribution in [1.82, 2.24) is 15.1 Å². The van der Waals surface area contributed by atoms with E-state index in [9.17, 15) is 0 Å². The molecule has 0 saturated heterocycles. The van der Waals surface area contributed by atoms with Crippen molar-refractivity contribution in [3.05, 3.63) is 18.0 Å². The van der Waals surface area contributed by atoms with Gasteiger partial charge in [0, 0.05) is 24.8 Å². The summed E-state index contributed by atoms with van der Waals surface area (Å²) in [7, 11) is 2.00. The minimum atomic E-state index is 0.505. The van der Waals surface area contributed by atoms with Gasteiger partial charge in [0.1, 0.15) is 0 Å². The van der Waals surface area contributed by atoms with Crippen LogP contribution in [0.2, 0.25) is 0 Å². The quantitative estimate of drug-likeness (QED) is 0.850. The average molecular weight is 235 g/mol. The molecular weight excluding hydrogens is 210 g/mol. The highest BCUT2D eigenvalue weighted by molar-refractivity contribution is 5.12. The highest BCUT2D eigenvalue weighted by Gasteiger charge is 2.30. The third-order valence-electron chi connectivity index (χ3n) is 4.14. The minimum absolute atomic E-state index is 0.505. The molecule has 3 heteroatoms. The molecule has 1 N–H and O–H groups in total. The number of hydrogen-bond acceptors (Lipinski definition) is 2. The van der Waals surface area contributed by atoms with E-state index in [1.54, 1.807) is 0 Å². The van der Waals surface area contributed by atoms with Gasteiger partial charge >= 0.3 is 0 Å². The van der Waals surface area contributed by atoms with Gasteiger partial charge in [0.2, 0.25) is 0 Å². The Bertz CT molecular complexity index is 345. The predicted molar refractivity (Wildman–Crippen MR) is 70.7 cm³/mol. The lowest BCUT2D eigenvalue weighted by atomic mass is 9.92. The fourth-order valence-electron chi connectivity index (χ4n) is 3.16. The van der Waals surface area contributed by atoms with Gasteiger partial charge in [-0.1, -0.05) is 26.7 Å². The van der Waals surface area contributed by atoms with Crippen LogP contribution in [-0.4, -0.2) is 16.3 Å². The Balaban J connectivity index is 2.07. The number of nitrogens with zero attached hydrogens (tertiary/aromatic N) is 2. The molecule has 3 unspecified atom stereocenters. The van der Waals surface area contributed by atoms with Gasteiger partial charge in [-0.25, -0.2) is 0 Å². The van der Waals surface area contributed by atoms with Gasteiger partial charge in [0.15, 0.2) is 0 Å². The molecule has 0 amide bonds. The largest absolute Gasteiger partial charge is 0.310 e. The average Bonchev–Trinajstić information content (AvgIpc) is 2.94. The Morgan fingerprint density at radius 3 is 2.82 bits per heavy atom. The predicted octanol–water partition coefficient (Wildman–Crippen LogP) is 2.90. The number of rotatable bonds is 5. The molecule has 2 rings (SSSR count). The zero-order chi connectivity index (χ0) is 12.3. The van der Waals surface area contributed by atoms with Crippen LogP contribution in [0.3, 0.4) is 0 Å². The van der Waals surface area contributed by atoms with E-state index in [4.69, 9.17) is 0 Å². The van der Waals surface area contributed by atoms with E-state index in [1.165, 1.54) is 31.2 Å². The molecular formula is C14H25N3. The molecule has 96 valence electrons. The van der Waals surface area contributed by atoms with Crippen LogP contribution in [0.4, 0.5) is 0 Å². The van der Waals surface area contributed by atoms with Crippen LogP contribution in [0.5, 0.6) is 0 Å². The van der Waals surface area contributed by atoms with Crippen LogP contribution in [0, 0.1) is 11.8 Å². The number of hydrogen-bond donors (Lipinski definition) is 1. The molecule has 0 aliphatic heterocycles. The lowest BCUT2D eigenvalue weighted by Gasteiger charge is -2.23. The molecule has 1 heterocycles. The van der Waals surface area contributed by atoms with Crippen molar-refractivity contribution >= 4 is 0 Å². The molecule has 1 aromatic rings. The summed E-state index contributed by atoms with van der Waals surface area (Å²) in [5, 5.41) is 7.95. The summed E-state index contributed by atoms with van der Waals surface area (Å²) in [6.07, 6.45) is 9.67. The summed E-state index contributed by atoms with van der Waals surface area (Å²) >= 11 is 0. The third kappa shape index (κ3) is 2.89. The fourth-order valence-corrected chi connectivity index (χ4v) is 3.16. The van der Waals surface area contributed by atoms with Crippen LogP contribution in [-0.2, 0) is 7.05 Å². The third-order valence-corrected chi connectivity index (χ3v) is 4.14. The molecule has 1 fully saturated rings. The second-order valence-electron chi connectivity index (χ2n) is 5.33. The number of aryl methyl sites for hydroxylation is 1. The fraction of sp³-hybridized carbons (Fsp3) is 0.786. The van der Waals surface area contributed by atoms with E-state index in [-0.39, 0.29) is 0 Å². The van der Waals surface area contributed by atoms with Crippen LogP contribution >= 0.6 is 0 Å². The zero-order valence-corrected chi connectivity index (χ0v) is 11.3. The van der Waals surface area contributed by atoms with Crippen molar-refractivity contribution in [3.63, 3.8) is 0 Å². The van der Waals surface area contributed by atoms with Crippen molar-refractivity contribution < 1.29 is 0 Å². The van der Waals surface area contributed by atoms with Crippen molar-refractivity contribution in [2.75, 3.05) is 6.54 Å². The van der Waals surface area contributed by atoms with Crippen molar-refractivity contribution in [2.24, 2.45) is 18.9 Å². The Morgan fingerprint density at radius 2 is 2.29 bits per heavy atom. The first kappa shape index (κ1) is 12.6. The molecule has 0 bridgehead atoms. The van der Waals surface area contributed by atoms with Gasteiger partial charge in [-0.2, -0.15) is 5.10 Å². The van der Waals surface area contributed by atoms with Gasteiger partial charge in [0.05, 0.1) is 6.20 Å². The lowest BCUT2D eigenvalue weighted by Crippen LogP contribution is -2.26. The van der Waals surface area contributed by atoms with E-state index in [0.29, 0.717) is 6.04 Å². The summed E-state index contributed by atoms with van der Waals surface area (Å²) in [5.41, 5.74) is 1.36. The van der Waals surface area contributed by atoms with Crippen LogP contribution in [0.1, 0.15) is 51.1 Å². The highest BCUT2D eigenvalue weighted by atomic mass is 15.2. The van der Waals surface area contributed by atoms with Crippen LogP contribution in [0.25, 0.3) is 0 Å². The van der Waals surface area contributed by atoms with Gasteiger partial charge in [-0.15, -0.1) is 0 Å². The van der Waals surface area contributed by atoms with Gasteiger partial charge in [-0.3, -0.25) is 4.68 Å². The molecule has 0 spiro atoms. The molecule has 3 atom stereocenters. The first-order valence-corrected chi connectivity index (χ1v) is 6.96.